The highest BCUT2D eigenvalue weighted by Gasteiger charge is 2.21. The van der Waals surface area contributed by atoms with E-state index in [0.29, 0.717) is 5.82 Å². The lowest BCUT2D eigenvalue weighted by Gasteiger charge is -2.17. The van der Waals surface area contributed by atoms with E-state index >= 15 is 0 Å². The van der Waals surface area contributed by atoms with Crippen molar-refractivity contribution in [1.82, 2.24) is 15.0 Å². The van der Waals surface area contributed by atoms with Crippen LogP contribution in [0.3, 0.4) is 0 Å². The quantitative estimate of drug-likeness (QED) is 0.900. The van der Waals surface area contributed by atoms with Crippen LogP contribution in [0.5, 0.6) is 0 Å². The minimum atomic E-state index is -3.04. The summed E-state index contributed by atoms with van der Waals surface area (Å²) in [5.74, 6) is 1.46. The molecule has 1 unspecified atom stereocenters. The number of anilines is 1. The number of aryl methyl sites for hydroxylation is 1. The van der Waals surface area contributed by atoms with Crippen LogP contribution in [0.15, 0.2) is 24.5 Å². The monoisotopic (exact) mass is 332 g/mol. The van der Waals surface area contributed by atoms with Crippen molar-refractivity contribution in [3.8, 4) is 11.4 Å². The lowest BCUT2D eigenvalue weighted by molar-refractivity contribution is 0.598. The van der Waals surface area contributed by atoms with E-state index < -0.39 is 9.84 Å². The maximum atomic E-state index is 11.5. The second-order valence-corrected chi connectivity index (χ2v) is 8.24. The summed E-state index contributed by atoms with van der Waals surface area (Å²) >= 11 is 0. The standard InChI is InChI=1S/C16H20N4O2S/c1-11(10-23(2,21)22)18-16-13-6-3-7-14(13)19-15(20-16)12-5-4-8-17-9-12/h4-5,8-9,11H,3,6-7,10H2,1-2H3,(H,18,19,20). The first-order chi connectivity index (χ1) is 10.9. The summed E-state index contributed by atoms with van der Waals surface area (Å²) in [6.45, 7) is 1.86. The average molecular weight is 332 g/mol. The van der Waals surface area contributed by atoms with Crippen LogP contribution in [0.2, 0.25) is 0 Å². The van der Waals surface area contributed by atoms with E-state index in [2.05, 4.69) is 20.3 Å². The fraction of sp³-hybridized carbons (Fsp3) is 0.438. The van der Waals surface area contributed by atoms with Gasteiger partial charge in [0.15, 0.2) is 5.82 Å². The molecule has 0 fully saturated rings. The Hall–Kier alpha value is -2.02. The van der Waals surface area contributed by atoms with Gasteiger partial charge in [0, 0.05) is 41.5 Å². The molecule has 1 atom stereocenters. The Balaban J connectivity index is 1.94. The summed E-state index contributed by atoms with van der Waals surface area (Å²) in [6.07, 6.45) is 7.60. The molecule has 122 valence electrons. The number of pyridine rings is 1. The highest BCUT2D eigenvalue weighted by Crippen LogP contribution is 2.29. The summed E-state index contributed by atoms with van der Waals surface area (Å²) < 4.78 is 22.9. The van der Waals surface area contributed by atoms with E-state index in [4.69, 9.17) is 0 Å². The molecule has 0 aromatic carbocycles. The van der Waals surface area contributed by atoms with Gasteiger partial charge in [0.05, 0.1) is 5.75 Å². The third-order valence-corrected chi connectivity index (χ3v) is 4.89. The molecule has 0 radical (unpaired) electrons. The van der Waals surface area contributed by atoms with Crippen LogP contribution in [0.25, 0.3) is 11.4 Å². The number of rotatable bonds is 5. The molecule has 23 heavy (non-hydrogen) atoms. The molecule has 0 amide bonds. The molecule has 6 nitrogen and oxygen atoms in total. The van der Waals surface area contributed by atoms with Crippen LogP contribution in [-0.4, -0.2) is 41.4 Å². The topological polar surface area (TPSA) is 84.8 Å². The largest absolute Gasteiger partial charge is 0.366 e. The Morgan fingerprint density at radius 3 is 2.83 bits per heavy atom. The zero-order chi connectivity index (χ0) is 16.4. The molecule has 3 rings (SSSR count). The van der Waals surface area contributed by atoms with Crippen LogP contribution in [-0.2, 0) is 22.7 Å². The van der Waals surface area contributed by atoms with Crippen LogP contribution >= 0.6 is 0 Å². The van der Waals surface area contributed by atoms with Crippen LogP contribution in [0.1, 0.15) is 24.6 Å². The van der Waals surface area contributed by atoms with Crippen molar-refractivity contribution in [2.45, 2.75) is 32.2 Å². The molecule has 2 aromatic rings. The van der Waals surface area contributed by atoms with Gasteiger partial charge in [0.1, 0.15) is 15.7 Å². The minimum Gasteiger partial charge on any atom is -0.366 e. The molecule has 1 aliphatic rings. The van der Waals surface area contributed by atoms with Crippen LogP contribution in [0, 0.1) is 0 Å². The summed E-state index contributed by atoms with van der Waals surface area (Å²) in [7, 11) is -3.04. The summed E-state index contributed by atoms with van der Waals surface area (Å²) in [5, 5.41) is 3.26. The fourth-order valence-corrected chi connectivity index (χ4v) is 3.90. The lowest BCUT2D eigenvalue weighted by atomic mass is 10.2. The van der Waals surface area contributed by atoms with Gasteiger partial charge < -0.3 is 5.32 Å². The molecule has 1 N–H and O–H groups in total. The van der Waals surface area contributed by atoms with Crippen molar-refractivity contribution < 1.29 is 8.42 Å². The van der Waals surface area contributed by atoms with Gasteiger partial charge in [-0.15, -0.1) is 0 Å². The number of sulfone groups is 1. The molecule has 2 aromatic heterocycles. The van der Waals surface area contributed by atoms with E-state index in [-0.39, 0.29) is 11.8 Å². The third kappa shape index (κ3) is 3.85. The number of aromatic nitrogens is 3. The second-order valence-electron chi connectivity index (χ2n) is 6.05. The van der Waals surface area contributed by atoms with Gasteiger partial charge in [-0.1, -0.05) is 0 Å². The first-order valence-corrected chi connectivity index (χ1v) is 9.73. The van der Waals surface area contributed by atoms with Crippen LogP contribution < -0.4 is 5.32 Å². The Morgan fingerprint density at radius 2 is 2.13 bits per heavy atom. The molecule has 0 spiro atoms. The van der Waals surface area contributed by atoms with Crippen molar-refractivity contribution in [2.75, 3.05) is 17.3 Å². The zero-order valence-corrected chi connectivity index (χ0v) is 14.1. The van der Waals surface area contributed by atoms with E-state index in [0.717, 1.165) is 41.9 Å². The fourth-order valence-electron chi connectivity index (χ4n) is 2.91. The zero-order valence-electron chi connectivity index (χ0n) is 13.3. The van der Waals surface area contributed by atoms with Gasteiger partial charge in [0.2, 0.25) is 0 Å². The molecule has 0 bridgehead atoms. The normalized spacial score (nSPS) is 15.2. The van der Waals surface area contributed by atoms with Crippen molar-refractivity contribution in [2.24, 2.45) is 0 Å². The molecule has 0 saturated carbocycles. The van der Waals surface area contributed by atoms with Crippen molar-refractivity contribution in [3.63, 3.8) is 0 Å². The Labute approximate surface area is 136 Å². The Morgan fingerprint density at radius 1 is 1.30 bits per heavy atom. The molecule has 0 saturated heterocycles. The van der Waals surface area contributed by atoms with Gasteiger partial charge in [-0.3, -0.25) is 4.98 Å². The SMILES string of the molecule is CC(CS(C)(=O)=O)Nc1nc(-c2cccnc2)nc2c1CCC2. The summed E-state index contributed by atoms with van der Waals surface area (Å²) in [5.41, 5.74) is 3.02. The molecule has 0 aliphatic heterocycles. The lowest BCUT2D eigenvalue weighted by Crippen LogP contribution is -2.26. The molecule has 7 heteroatoms. The Bertz CT molecular complexity index is 806. The predicted octanol–water partition coefficient (Wildman–Crippen LogP) is 1.87. The maximum Gasteiger partial charge on any atom is 0.163 e. The maximum absolute atomic E-state index is 11.5. The molecule has 2 heterocycles. The number of nitrogens with one attached hydrogen (secondary N) is 1. The van der Waals surface area contributed by atoms with Crippen LogP contribution in [0.4, 0.5) is 5.82 Å². The smallest absolute Gasteiger partial charge is 0.163 e. The highest BCUT2D eigenvalue weighted by molar-refractivity contribution is 7.90. The predicted molar refractivity (Wildman–Crippen MR) is 90.1 cm³/mol. The third-order valence-electron chi connectivity index (χ3n) is 3.79. The highest BCUT2D eigenvalue weighted by atomic mass is 32.2. The molecule has 1 aliphatic carbocycles. The second kappa shape index (κ2) is 6.23. The first-order valence-electron chi connectivity index (χ1n) is 7.67. The van der Waals surface area contributed by atoms with E-state index in [1.165, 1.54) is 6.26 Å². The van der Waals surface area contributed by atoms with Gasteiger partial charge in [-0.25, -0.2) is 18.4 Å². The van der Waals surface area contributed by atoms with Gasteiger partial charge >= 0.3 is 0 Å². The van der Waals surface area contributed by atoms with Crippen molar-refractivity contribution >= 4 is 15.7 Å². The number of hydrogen-bond acceptors (Lipinski definition) is 6. The number of hydrogen-bond donors (Lipinski definition) is 1. The number of fused-ring (bicyclic) bond motifs is 1. The van der Waals surface area contributed by atoms with Gasteiger partial charge in [-0.2, -0.15) is 0 Å². The Kier molecular flexibility index (Phi) is 4.30. The minimum absolute atomic E-state index is 0.0774. The number of nitrogens with zero attached hydrogens (tertiary/aromatic N) is 3. The van der Waals surface area contributed by atoms with Gasteiger partial charge in [-0.05, 0) is 38.3 Å². The van der Waals surface area contributed by atoms with Crippen molar-refractivity contribution in [3.05, 3.63) is 35.8 Å². The molecular weight excluding hydrogens is 312 g/mol. The molecular formula is C16H20N4O2S. The van der Waals surface area contributed by atoms with E-state index in [1.54, 1.807) is 12.4 Å². The average Bonchev–Trinajstić information content (AvgIpc) is 2.94. The van der Waals surface area contributed by atoms with Gasteiger partial charge in [0.25, 0.3) is 0 Å². The summed E-state index contributed by atoms with van der Waals surface area (Å²) in [4.78, 5) is 13.4. The van der Waals surface area contributed by atoms with E-state index in [1.807, 2.05) is 19.1 Å². The first kappa shape index (κ1) is 15.9. The summed E-state index contributed by atoms with van der Waals surface area (Å²) in [6, 6.07) is 3.57. The van der Waals surface area contributed by atoms with E-state index in [9.17, 15) is 8.42 Å². The van der Waals surface area contributed by atoms with Crippen molar-refractivity contribution in [1.29, 1.82) is 0 Å².